The van der Waals surface area contributed by atoms with Crippen molar-refractivity contribution in [1.82, 2.24) is 14.5 Å². The molecule has 0 fully saturated rings. The Labute approximate surface area is 325 Å². The molecule has 6 heteroatoms. The molecular weight excluding hydrogens is 875 g/mol. The monoisotopic (exact) mass is 917 g/mol. The summed E-state index contributed by atoms with van der Waals surface area (Å²) in [6.07, 6.45) is 1.95. The number of hydrogen-bond donors (Lipinski definition) is 0. The van der Waals surface area contributed by atoms with Gasteiger partial charge in [0.2, 0.25) is 0 Å². The molecule has 0 aliphatic heterocycles. The van der Waals surface area contributed by atoms with Gasteiger partial charge in [-0.1, -0.05) is 83.7 Å². The molecule has 4 nitrogen and oxygen atoms in total. The maximum atomic E-state index is 7.35. The van der Waals surface area contributed by atoms with Crippen molar-refractivity contribution < 1.29 is 28.6 Å². The molecule has 257 valence electrons. The van der Waals surface area contributed by atoms with Gasteiger partial charge in [-0.3, -0.25) is 4.98 Å². The summed E-state index contributed by atoms with van der Waals surface area (Å²) in [5.74, 6) is 7.80. The predicted octanol–water partition coefficient (Wildman–Crippen LogP) is 11.5. The van der Waals surface area contributed by atoms with Crippen LogP contribution in [0.25, 0.3) is 72.4 Å². The predicted molar refractivity (Wildman–Crippen MR) is 214 cm³/mol. The number of hydrogen-bond acceptors (Lipinski definition) is 3. The van der Waals surface area contributed by atoms with Crippen LogP contribution >= 0.6 is 0 Å². The molecule has 52 heavy (non-hydrogen) atoms. The molecule has 6 aromatic carbocycles. The van der Waals surface area contributed by atoms with Gasteiger partial charge in [0.25, 0.3) is 0 Å². The summed E-state index contributed by atoms with van der Waals surface area (Å²) >= 11 is -1.83. The zero-order chi connectivity index (χ0) is 37.5. The van der Waals surface area contributed by atoms with Gasteiger partial charge in [-0.2, -0.15) is 0 Å². The zero-order valence-corrected chi connectivity index (χ0v) is 33.5. The van der Waals surface area contributed by atoms with E-state index in [1.807, 2.05) is 60.8 Å². The van der Waals surface area contributed by atoms with Crippen molar-refractivity contribution in [1.29, 1.82) is 0 Å². The summed E-state index contributed by atoms with van der Waals surface area (Å²) < 4.78 is 31.9. The van der Waals surface area contributed by atoms with Gasteiger partial charge in [0.1, 0.15) is 5.58 Å². The molecule has 0 bridgehead atoms. The molecule has 0 atom stereocenters. The van der Waals surface area contributed by atoms with E-state index in [9.17, 15) is 0 Å². The van der Waals surface area contributed by atoms with Gasteiger partial charge in [-0.15, -0.1) is 18.2 Å². The smallest absolute Gasteiger partial charge is 0.120 e. The molecular formula is C46H37GeIrN3O-2. The van der Waals surface area contributed by atoms with Crippen molar-refractivity contribution in [3.8, 4) is 39.5 Å². The van der Waals surface area contributed by atoms with E-state index in [0.717, 1.165) is 61.3 Å². The molecule has 0 N–H and O–H groups in total. The van der Waals surface area contributed by atoms with Crippen LogP contribution in [0.1, 0.15) is 9.68 Å². The van der Waals surface area contributed by atoms with Gasteiger partial charge >= 0.3 is 110 Å². The molecule has 0 amide bonds. The summed E-state index contributed by atoms with van der Waals surface area (Å²) in [4.78, 5) is 9.51. The van der Waals surface area contributed by atoms with E-state index in [-0.39, 0.29) is 20.1 Å². The Kier molecular flexibility index (Phi) is 9.06. The normalized spacial score (nSPS) is 12.4. The van der Waals surface area contributed by atoms with E-state index in [1.165, 1.54) is 21.6 Å². The topological polar surface area (TPSA) is 43.9 Å². The summed E-state index contributed by atoms with van der Waals surface area (Å²) in [6, 6.07) is 54.9. The van der Waals surface area contributed by atoms with Gasteiger partial charge in [0.05, 0.1) is 22.4 Å². The van der Waals surface area contributed by atoms with Gasteiger partial charge in [0.15, 0.2) is 0 Å². The van der Waals surface area contributed by atoms with Gasteiger partial charge in [0, 0.05) is 31.2 Å². The zero-order valence-electron chi connectivity index (χ0n) is 32.0. The Morgan fingerprint density at radius 2 is 1.46 bits per heavy atom. The molecule has 3 aromatic heterocycles. The molecule has 0 aliphatic carbocycles. The van der Waals surface area contributed by atoms with E-state index in [0.29, 0.717) is 5.56 Å². The third-order valence-electron chi connectivity index (χ3n) is 9.07. The molecule has 0 spiro atoms. The summed E-state index contributed by atoms with van der Waals surface area (Å²) in [5, 5.41) is 2.17. The van der Waals surface area contributed by atoms with E-state index >= 15 is 0 Å². The van der Waals surface area contributed by atoms with Crippen LogP contribution in [0.2, 0.25) is 17.3 Å². The van der Waals surface area contributed by atoms with Gasteiger partial charge in [-0.25, -0.2) is 0 Å². The molecule has 9 rings (SSSR count). The number of aryl methyl sites for hydroxylation is 1. The van der Waals surface area contributed by atoms with Crippen molar-refractivity contribution in [2.45, 2.75) is 24.1 Å². The molecule has 3 heterocycles. The minimum atomic E-state index is -2.08. The average molecular weight is 916 g/mol. The number of fused-ring (bicyclic) bond motifs is 4. The second-order valence-electron chi connectivity index (χ2n) is 13.5. The van der Waals surface area contributed by atoms with E-state index in [1.54, 1.807) is 12.1 Å². The first-order valence-electron chi connectivity index (χ1n) is 18.5. The number of benzene rings is 6. The third kappa shape index (κ3) is 7.05. The van der Waals surface area contributed by atoms with Crippen LogP contribution in [0.3, 0.4) is 0 Å². The van der Waals surface area contributed by atoms with Crippen molar-refractivity contribution >= 4 is 50.6 Å². The standard InChI is InChI=1S/C31H19N2O.C15H18GeN.Ir/c1-2-9-21(10-3-1)22-17-19-23(20-18-22)33-28-15-6-5-14-27(28)32-31(33)26-13-8-12-25-24-11-4-7-16-29(24)34-30(25)26;1-12-5-7-13(8-6-12)15-10-9-14(11-17-15)16(2,3)4;/h1-12,14-20H;5-7,9-11H,1-4H3;/q2*-1;/i;1D3;. The van der Waals surface area contributed by atoms with Crippen LogP contribution < -0.4 is 4.40 Å². The number of pyridine rings is 1. The second kappa shape index (κ2) is 14.9. The minimum absolute atomic E-state index is 0. The average Bonchev–Trinajstić information content (AvgIpc) is 3.77. The third-order valence-corrected chi connectivity index (χ3v) is 13.3. The molecule has 0 saturated carbocycles. The first kappa shape index (κ1) is 31.7. The number of rotatable bonds is 5. The molecule has 0 saturated heterocycles. The number of imidazole rings is 1. The quantitative estimate of drug-likeness (QED) is 0.128. The first-order valence-corrected chi connectivity index (χ1v) is 24.3. The maximum Gasteiger partial charge on any atom is 0.120 e. The van der Waals surface area contributed by atoms with Crippen LogP contribution in [0, 0.1) is 19.0 Å². The Morgan fingerprint density at radius 1 is 0.712 bits per heavy atom. The van der Waals surface area contributed by atoms with Crippen LogP contribution in [-0.4, -0.2) is 27.8 Å². The largest absolute Gasteiger partial charge is 0.501 e. The van der Waals surface area contributed by atoms with Crippen LogP contribution in [0.5, 0.6) is 0 Å². The maximum absolute atomic E-state index is 7.35. The Bertz CT molecular complexity index is 2660. The number of furan rings is 1. The van der Waals surface area contributed by atoms with Crippen LogP contribution in [0.4, 0.5) is 0 Å². The Balaban J connectivity index is 0.000000191. The summed E-state index contributed by atoms with van der Waals surface area (Å²) in [7, 11) is 0. The fourth-order valence-electron chi connectivity index (χ4n) is 6.33. The van der Waals surface area contributed by atoms with Crippen molar-refractivity contribution in [2.75, 3.05) is 0 Å². The first-order chi connectivity index (χ1) is 26.0. The Hall–Kier alpha value is -5.07. The number of nitrogens with zero attached hydrogens (tertiary/aromatic N) is 3. The summed E-state index contributed by atoms with van der Waals surface area (Å²) in [6.45, 7) is -2.08. The fourth-order valence-corrected chi connectivity index (χ4v) is 8.50. The number of para-hydroxylation sites is 3. The van der Waals surface area contributed by atoms with Crippen LogP contribution in [-0.2, 0) is 20.1 Å². The molecule has 0 aliphatic rings. The summed E-state index contributed by atoms with van der Waals surface area (Å²) in [5.41, 5.74) is 9.91. The Morgan fingerprint density at radius 3 is 2.19 bits per heavy atom. The van der Waals surface area contributed by atoms with Crippen molar-refractivity contribution in [3.63, 3.8) is 0 Å². The minimum Gasteiger partial charge on any atom is -0.501 e. The molecule has 0 unspecified atom stereocenters. The van der Waals surface area contributed by atoms with Crippen molar-refractivity contribution in [2.24, 2.45) is 0 Å². The van der Waals surface area contributed by atoms with E-state index < -0.39 is 20.1 Å². The SMILES string of the molecule is [2H]C([2H])([2H])c1c[c-]c(-c2cc[c]([Ge]([CH3])([CH3])[CH3])cn2)cc1.[Ir].[c-]1ccc2c(oc3ccccc32)c1-c1nc2ccccc2n1-c1ccc(-c2ccccc2)cc1. The van der Waals surface area contributed by atoms with Crippen LogP contribution in [0.15, 0.2) is 156 Å². The fraction of sp³-hybridized carbons (Fsp3) is 0.0870. The van der Waals surface area contributed by atoms with E-state index in [4.69, 9.17) is 13.5 Å². The van der Waals surface area contributed by atoms with Gasteiger partial charge < -0.3 is 8.98 Å². The number of aromatic nitrogens is 3. The molecule has 9 aromatic rings. The van der Waals surface area contributed by atoms with Crippen molar-refractivity contribution in [3.05, 3.63) is 169 Å². The van der Waals surface area contributed by atoms with Gasteiger partial charge in [-0.05, 0) is 41.5 Å². The molecule has 1 radical (unpaired) electrons. The van der Waals surface area contributed by atoms with E-state index in [2.05, 4.69) is 112 Å². The second-order valence-corrected chi connectivity index (χ2v) is 24.2.